The van der Waals surface area contributed by atoms with E-state index in [1.165, 1.54) is 12.1 Å². The van der Waals surface area contributed by atoms with Crippen molar-refractivity contribution in [3.63, 3.8) is 0 Å². The van der Waals surface area contributed by atoms with Gasteiger partial charge < -0.3 is 10.2 Å². The number of hydrogen-bond donors (Lipinski definition) is 1. The molecule has 0 amide bonds. The number of nitrogens with one attached hydrogen (secondary N) is 1. The minimum absolute atomic E-state index is 0.00947. The van der Waals surface area contributed by atoms with Gasteiger partial charge in [-0.15, -0.1) is 5.10 Å². The summed E-state index contributed by atoms with van der Waals surface area (Å²) in [7, 11) is 0. The Morgan fingerprint density at radius 2 is 1.83 bits per heavy atom. The maximum absolute atomic E-state index is 13.4. The molecule has 148 valence electrons. The minimum Gasteiger partial charge on any atom is -0.356 e. The minimum atomic E-state index is -1.46. The lowest BCUT2D eigenvalue weighted by molar-refractivity contribution is 0.0836. The number of halogens is 2. The van der Waals surface area contributed by atoms with Crippen LogP contribution >= 0.6 is 0 Å². The highest BCUT2D eigenvalue weighted by Crippen LogP contribution is 2.25. The first kappa shape index (κ1) is 18.9. The zero-order valence-corrected chi connectivity index (χ0v) is 15.6. The zero-order valence-electron chi connectivity index (χ0n) is 15.6. The van der Waals surface area contributed by atoms with Crippen molar-refractivity contribution < 1.29 is 13.6 Å². The van der Waals surface area contributed by atoms with Gasteiger partial charge in [-0.25, -0.2) is 9.37 Å². The van der Waals surface area contributed by atoms with Crippen molar-refractivity contribution in [1.82, 2.24) is 15.2 Å². The summed E-state index contributed by atoms with van der Waals surface area (Å²) >= 11 is 0. The monoisotopic (exact) mass is 395 g/mol. The number of carbonyl (C=O) groups excluding carboxylic acids is 1. The summed E-state index contributed by atoms with van der Waals surface area (Å²) < 4.78 is 26.1. The molecule has 0 saturated carbocycles. The van der Waals surface area contributed by atoms with E-state index >= 15 is 0 Å². The van der Waals surface area contributed by atoms with Crippen LogP contribution in [-0.4, -0.2) is 40.5 Å². The average molecular weight is 395 g/mol. The van der Waals surface area contributed by atoms with E-state index in [0.29, 0.717) is 31.7 Å². The second-order valence-corrected chi connectivity index (χ2v) is 6.87. The molecule has 1 aliphatic heterocycles. The number of alkyl halides is 1. The van der Waals surface area contributed by atoms with Crippen LogP contribution in [0.1, 0.15) is 23.2 Å². The Labute approximate surface area is 166 Å². The summed E-state index contributed by atoms with van der Waals surface area (Å²) in [6.07, 6.45) is 3.58. The first-order valence-electron chi connectivity index (χ1n) is 9.33. The van der Waals surface area contributed by atoms with Crippen molar-refractivity contribution in [2.45, 2.75) is 19.0 Å². The molecule has 0 radical (unpaired) electrons. The van der Waals surface area contributed by atoms with Gasteiger partial charge in [0.1, 0.15) is 12.0 Å². The highest BCUT2D eigenvalue weighted by atomic mass is 19.1. The zero-order chi connectivity index (χ0) is 20.2. The molecule has 4 rings (SSSR count). The van der Waals surface area contributed by atoms with Crippen molar-refractivity contribution in [3.05, 3.63) is 60.4 Å². The molecule has 6 nitrogen and oxygen atoms in total. The lowest BCUT2D eigenvalue weighted by Crippen LogP contribution is -2.34. The van der Waals surface area contributed by atoms with Gasteiger partial charge in [-0.1, -0.05) is 12.1 Å². The van der Waals surface area contributed by atoms with Gasteiger partial charge in [-0.05, 0) is 42.7 Å². The Balaban J connectivity index is 1.51. The molecule has 3 aromatic rings. The average Bonchev–Trinajstić information content (AvgIpc) is 2.75. The van der Waals surface area contributed by atoms with E-state index in [-0.39, 0.29) is 5.56 Å². The molecular weight excluding hydrogens is 376 g/mol. The molecule has 1 N–H and O–H groups in total. The van der Waals surface area contributed by atoms with Crippen molar-refractivity contribution in [1.29, 1.82) is 0 Å². The Morgan fingerprint density at radius 3 is 2.55 bits per heavy atom. The Morgan fingerprint density at radius 1 is 1.07 bits per heavy atom. The lowest BCUT2D eigenvalue weighted by Gasteiger charge is -2.29. The van der Waals surface area contributed by atoms with Crippen LogP contribution in [0.3, 0.4) is 0 Å². The molecule has 1 aromatic carbocycles. The number of nitrogens with zero attached hydrogens (tertiary/aromatic N) is 4. The van der Waals surface area contributed by atoms with Gasteiger partial charge in [-0.3, -0.25) is 4.79 Å². The van der Waals surface area contributed by atoms with E-state index in [0.717, 1.165) is 22.6 Å². The maximum Gasteiger partial charge on any atom is 0.332 e. The molecular formula is C21H19F2N5O. The third kappa shape index (κ3) is 4.53. The highest BCUT2D eigenvalue weighted by Gasteiger charge is 2.19. The van der Waals surface area contributed by atoms with Crippen LogP contribution in [0.4, 0.5) is 26.1 Å². The van der Waals surface area contributed by atoms with Gasteiger partial charge in [0.15, 0.2) is 5.82 Å². The van der Waals surface area contributed by atoms with Crippen molar-refractivity contribution >= 4 is 23.4 Å². The Hall–Kier alpha value is -3.42. The lowest BCUT2D eigenvalue weighted by atomic mass is 10.1. The quantitative estimate of drug-likeness (QED) is 0.649. The SMILES string of the molecule is O=C(F)c1ccc(-c2cnnc(Nc3ccnc(N4CCC(F)CC4)c3)c2)cc1. The topological polar surface area (TPSA) is 71.0 Å². The van der Waals surface area contributed by atoms with Gasteiger partial charge in [0.25, 0.3) is 0 Å². The molecule has 8 heteroatoms. The van der Waals surface area contributed by atoms with Crippen molar-refractivity contribution in [2.75, 3.05) is 23.3 Å². The number of rotatable bonds is 5. The number of pyridine rings is 1. The molecule has 0 bridgehead atoms. The molecule has 29 heavy (non-hydrogen) atoms. The van der Waals surface area contributed by atoms with Crippen molar-refractivity contribution in [2.24, 2.45) is 0 Å². The normalized spacial score (nSPS) is 14.6. The van der Waals surface area contributed by atoms with E-state index in [1.807, 2.05) is 18.2 Å². The van der Waals surface area contributed by atoms with E-state index in [4.69, 9.17) is 0 Å². The number of benzene rings is 1. The molecule has 0 spiro atoms. The van der Waals surface area contributed by atoms with Gasteiger partial charge in [-0.2, -0.15) is 9.49 Å². The summed E-state index contributed by atoms with van der Waals surface area (Å²) in [6.45, 7) is 1.29. The van der Waals surface area contributed by atoms with Gasteiger partial charge >= 0.3 is 6.04 Å². The van der Waals surface area contributed by atoms with Gasteiger partial charge in [0.05, 0.1) is 11.8 Å². The second-order valence-electron chi connectivity index (χ2n) is 6.87. The van der Waals surface area contributed by atoms with Crippen LogP contribution in [0.2, 0.25) is 0 Å². The summed E-state index contributed by atoms with van der Waals surface area (Å²) in [5.74, 6) is 1.32. The number of hydrogen-bond acceptors (Lipinski definition) is 6. The predicted molar refractivity (Wildman–Crippen MR) is 107 cm³/mol. The third-order valence-electron chi connectivity index (χ3n) is 4.87. The Kier molecular flexibility index (Phi) is 5.41. The molecule has 0 unspecified atom stereocenters. The van der Waals surface area contributed by atoms with Crippen LogP contribution in [0.25, 0.3) is 11.1 Å². The summed E-state index contributed by atoms with van der Waals surface area (Å²) in [4.78, 5) is 17.2. The van der Waals surface area contributed by atoms with Gasteiger partial charge in [0.2, 0.25) is 0 Å². The van der Waals surface area contributed by atoms with E-state index < -0.39 is 12.2 Å². The summed E-state index contributed by atoms with van der Waals surface area (Å²) in [5, 5.41) is 11.3. The number of piperidine rings is 1. The molecule has 2 aromatic heterocycles. The Bertz CT molecular complexity index is 1000. The third-order valence-corrected chi connectivity index (χ3v) is 4.87. The molecule has 1 aliphatic rings. The summed E-state index contributed by atoms with van der Waals surface area (Å²) in [5.41, 5.74) is 2.37. The van der Waals surface area contributed by atoms with E-state index in [2.05, 4.69) is 25.4 Å². The molecule has 0 atom stereocenters. The van der Waals surface area contributed by atoms with Crippen molar-refractivity contribution in [3.8, 4) is 11.1 Å². The fraction of sp³-hybridized carbons (Fsp3) is 0.238. The first-order chi connectivity index (χ1) is 14.1. The first-order valence-corrected chi connectivity index (χ1v) is 9.33. The standard InChI is InChI=1S/C21H19F2N5O/c22-17-6-9-28(10-7-17)20-12-18(5-8-24-20)26-19-11-16(13-25-27-19)14-1-3-15(4-2-14)21(23)29/h1-5,8,11-13,17H,6-7,9-10H2,(H,24,26,27). The van der Waals surface area contributed by atoms with Crippen LogP contribution < -0.4 is 10.2 Å². The number of carbonyl (C=O) groups is 1. The molecule has 3 heterocycles. The smallest absolute Gasteiger partial charge is 0.332 e. The van der Waals surface area contributed by atoms with Crippen LogP contribution in [-0.2, 0) is 0 Å². The maximum atomic E-state index is 13.4. The largest absolute Gasteiger partial charge is 0.356 e. The van der Waals surface area contributed by atoms with Gasteiger partial charge in [0, 0.05) is 36.6 Å². The van der Waals surface area contributed by atoms with E-state index in [9.17, 15) is 13.6 Å². The fourth-order valence-electron chi connectivity index (χ4n) is 3.27. The number of aromatic nitrogens is 3. The molecule has 1 saturated heterocycles. The molecule has 1 fully saturated rings. The summed E-state index contributed by atoms with van der Waals surface area (Å²) in [6, 6.07) is 10.3. The fourth-order valence-corrected chi connectivity index (χ4v) is 3.27. The highest BCUT2D eigenvalue weighted by molar-refractivity contribution is 5.89. The molecule has 0 aliphatic carbocycles. The predicted octanol–water partition coefficient (Wildman–Crippen LogP) is 4.33. The van der Waals surface area contributed by atoms with E-state index in [1.54, 1.807) is 24.5 Å². The van der Waals surface area contributed by atoms with Crippen LogP contribution in [0.15, 0.2) is 54.9 Å². The number of anilines is 3. The second kappa shape index (κ2) is 8.30. The van der Waals surface area contributed by atoms with Crippen LogP contribution in [0.5, 0.6) is 0 Å². The van der Waals surface area contributed by atoms with Crippen LogP contribution in [0, 0.1) is 0 Å².